The van der Waals surface area contributed by atoms with E-state index in [0.29, 0.717) is 23.6 Å². The van der Waals surface area contributed by atoms with E-state index in [1.165, 1.54) is 11.6 Å². The van der Waals surface area contributed by atoms with Gasteiger partial charge in [-0.2, -0.15) is 23.4 Å². The molecule has 0 bridgehead atoms. The molecule has 0 atom stereocenters. The van der Waals surface area contributed by atoms with E-state index in [0.717, 1.165) is 35.7 Å². The fraction of sp³-hybridized carbons (Fsp3) is 0.385. The number of amides is 1. The first kappa shape index (κ1) is 24.0. The van der Waals surface area contributed by atoms with Crippen LogP contribution in [0.2, 0.25) is 0 Å². The van der Waals surface area contributed by atoms with Gasteiger partial charge in [0, 0.05) is 11.6 Å². The number of nitrogens with one attached hydrogen (secondary N) is 1. The average Bonchev–Trinajstić information content (AvgIpc) is 3.56. The van der Waals surface area contributed by atoms with Crippen molar-refractivity contribution < 1.29 is 18.0 Å². The summed E-state index contributed by atoms with van der Waals surface area (Å²) in [5.74, 6) is -0.384. The predicted molar refractivity (Wildman–Crippen MR) is 130 cm³/mol. The van der Waals surface area contributed by atoms with Crippen molar-refractivity contribution in [3.63, 3.8) is 0 Å². The maximum atomic E-state index is 13.8. The Morgan fingerprint density at radius 3 is 2.44 bits per heavy atom. The molecule has 1 aliphatic rings. The first-order valence-corrected chi connectivity index (χ1v) is 11.9. The van der Waals surface area contributed by atoms with Crippen LogP contribution in [0.25, 0.3) is 11.0 Å². The third-order valence-corrected chi connectivity index (χ3v) is 6.55. The second-order valence-corrected chi connectivity index (χ2v) is 9.55. The van der Waals surface area contributed by atoms with Gasteiger partial charge >= 0.3 is 6.18 Å². The molecule has 0 saturated heterocycles. The third-order valence-electron chi connectivity index (χ3n) is 6.55. The number of rotatable bonds is 6. The molecule has 0 unspecified atom stereocenters. The summed E-state index contributed by atoms with van der Waals surface area (Å²) in [7, 11) is 0. The summed E-state index contributed by atoms with van der Waals surface area (Å²) in [5.41, 5.74) is 4.21. The van der Waals surface area contributed by atoms with E-state index >= 15 is 0 Å². The fourth-order valence-corrected chi connectivity index (χ4v) is 4.63. The van der Waals surface area contributed by atoms with Crippen LogP contribution in [0.3, 0.4) is 0 Å². The van der Waals surface area contributed by atoms with Crippen molar-refractivity contribution in [3.05, 3.63) is 69.8 Å². The topological polar surface area (TPSA) is 77.6 Å². The first-order chi connectivity index (χ1) is 17.0. The Balaban J connectivity index is 1.42. The number of hydrogen-bond acceptors (Lipinski definition) is 4. The molecule has 0 radical (unpaired) electrons. The van der Waals surface area contributed by atoms with Gasteiger partial charge in [-0.3, -0.25) is 9.48 Å². The Hall–Kier alpha value is -3.69. The standard InChI is InChI=1S/C26H27F3N6O/c1-14-6-5-7-18(10-14)12-34-17(4)24(16(3)33-34)31-22(36)13-35-25-23(15(2)32-35)20(26(27,28)29)11-21(30-25)19-8-9-19/h5-7,10-11,19H,8-9,12-13H2,1-4H3,(H,31,36). The van der Waals surface area contributed by atoms with Gasteiger partial charge in [-0.05, 0) is 52.2 Å². The van der Waals surface area contributed by atoms with Crippen LogP contribution in [0.1, 0.15) is 58.2 Å². The minimum Gasteiger partial charge on any atom is -0.321 e. The normalized spacial score (nSPS) is 14.0. The highest BCUT2D eigenvalue weighted by Gasteiger charge is 2.37. The van der Waals surface area contributed by atoms with Crippen molar-refractivity contribution in [1.29, 1.82) is 0 Å². The maximum Gasteiger partial charge on any atom is 0.417 e. The van der Waals surface area contributed by atoms with Crippen LogP contribution >= 0.6 is 0 Å². The number of halogens is 3. The summed E-state index contributed by atoms with van der Waals surface area (Å²) in [6.45, 7) is 7.51. The van der Waals surface area contributed by atoms with Crippen molar-refractivity contribution in [2.24, 2.45) is 0 Å². The molecule has 7 nitrogen and oxygen atoms in total. The van der Waals surface area contributed by atoms with Crippen LogP contribution < -0.4 is 5.32 Å². The third kappa shape index (κ3) is 4.59. The molecule has 1 amide bonds. The molecule has 1 N–H and O–H groups in total. The summed E-state index contributed by atoms with van der Waals surface area (Å²) < 4.78 is 44.6. The molecule has 10 heteroatoms. The zero-order valence-corrected chi connectivity index (χ0v) is 20.6. The molecule has 4 aromatic rings. The number of pyridine rings is 1. The number of benzene rings is 1. The maximum absolute atomic E-state index is 13.8. The lowest BCUT2D eigenvalue weighted by atomic mass is 10.1. The van der Waals surface area contributed by atoms with Gasteiger partial charge in [0.15, 0.2) is 5.65 Å². The Morgan fingerprint density at radius 1 is 1.06 bits per heavy atom. The highest BCUT2D eigenvalue weighted by Crippen LogP contribution is 2.43. The van der Waals surface area contributed by atoms with Gasteiger partial charge in [0.2, 0.25) is 5.91 Å². The van der Waals surface area contributed by atoms with E-state index in [2.05, 4.69) is 26.6 Å². The lowest BCUT2D eigenvalue weighted by molar-refractivity contribution is -0.136. The van der Waals surface area contributed by atoms with E-state index in [4.69, 9.17) is 0 Å². The number of hydrogen-bond donors (Lipinski definition) is 1. The minimum absolute atomic E-state index is 0.0255. The van der Waals surface area contributed by atoms with Crippen molar-refractivity contribution in [1.82, 2.24) is 24.5 Å². The van der Waals surface area contributed by atoms with E-state index in [-0.39, 0.29) is 29.2 Å². The number of carbonyl (C=O) groups is 1. The lowest BCUT2D eigenvalue weighted by Gasteiger charge is -2.11. The second kappa shape index (κ2) is 8.76. The molecule has 36 heavy (non-hydrogen) atoms. The summed E-state index contributed by atoms with van der Waals surface area (Å²) >= 11 is 0. The molecule has 0 spiro atoms. The molecule has 1 aliphatic carbocycles. The van der Waals surface area contributed by atoms with E-state index in [1.54, 1.807) is 0 Å². The zero-order chi connectivity index (χ0) is 25.8. The minimum atomic E-state index is -4.54. The summed E-state index contributed by atoms with van der Waals surface area (Å²) in [5, 5.41) is 11.6. The smallest absolute Gasteiger partial charge is 0.321 e. The van der Waals surface area contributed by atoms with Crippen LogP contribution in [0.4, 0.5) is 18.9 Å². The molecule has 1 saturated carbocycles. The monoisotopic (exact) mass is 496 g/mol. The molecular weight excluding hydrogens is 469 g/mol. The van der Waals surface area contributed by atoms with Gasteiger partial charge in [-0.15, -0.1) is 0 Å². The highest BCUT2D eigenvalue weighted by molar-refractivity contribution is 5.93. The van der Waals surface area contributed by atoms with Gasteiger partial charge in [-0.1, -0.05) is 29.8 Å². The predicted octanol–water partition coefficient (Wildman–Crippen LogP) is 5.44. The Kier molecular flexibility index (Phi) is 5.84. The Bertz CT molecular complexity index is 1480. The zero-order valence-electron chi connectivity index (χ0n) is 20.6. The summed E-state index contributed by atoms with van der Waals surface area (Å²) in [6.07, 6.45) is -2.91. The number of aryl methyl sites for hydroxylation is 3. The van der Waals surface area contributed by atoms with Crippen LogP contribution in [0.15, 0.2) is 30.3 Å². The Morgan fingerprint density at radius 2 is 1.78 bits per heavy atom. The molecule has 3 heterocycles. The molecule has 0 aliphatic heterocycles. The van der Waals surface area contributed by atoms with Gasteiger partial charge in [-0.25, -0.2) is 9.67 Å². The number of alkyl halides is 3. The van der Waals surface area contributed by atoms with Gasteiger partial charge in [0.25, 0.3) is 0 Å². The van der Waals surface area contributed by atoms with Crippen LogP contribution in [0.5, 0.6) is 0 Å². The average molecular weight is 497 g/mol. The van der Waals surface area contributed by atoms with E-state index in [1.807, 2.05) is 43.7 Å². The summed E-state index contributed by atoms with van der Waals surface area (Å²) in [4.78, 5) is 17.5. The lowest BCUT2D eigenvalue weighted by Crippen LogP contribution is -2.21. The van der Waals surface area contributed by atoms with Gasteiger partial charge in [0.1, 0.15) is 6.54 Å². The molecular formula is C26H27F3N6O. The van der Waals surface area contributed by atoms with Crippen molar-refractivity contribution >= 4 is 22.6 Å². The Labute approximate surface area is 206 Å². The first-order valence-electron chi connectivity index (χ1n) is 11.9. The fourth-order valence-electron chi connectivity index (χ4n) is 4.63. The van der Waals surface area contributed by atoms with Crippen LogP contribution in [-0.2, 0) is 24.1 Å². The molecule has 1 aromatic carbocycles. The SMILES string of the molecule is Cc1cccc(Cn2nc(C)c(NC(=O)Cn3nc(C)c4c(C(F)(F)F)cc(C5CC5)nc43)c2C)c1. The molecule has 5 rings (SSSR count). The molecule has 1 fully saturated rings. The molecule has 188 valence electrons. The quantitative estimate of drug-likeness (QED) is 0.385. The van der Waals surface area contributed by atoms with Crippen molar-refractivity contribution in [3.8, 4) is 0 Å². The van der Waals surface area contributed by atoms with Crippen LogP contribution in [0, 0.1) is 27.7 Å². The highest BCUT2D eigenvalue weighted by atomic mass is 19.4. The summed E-state index contributed by atoms with van der Waals surface area (Å²) in [6, 6.07) is 9.25. The number of fused-ring (bicyclic) bond motifs is 1. The largest absolute Gasteiger partial charge is 0.417 e. The van der Waals surface area contributed by atoms with E-state index in [9.17, 15) is 18.0 Å². The van der Waals surface area contributed by atoms with Crippen LogP contribution in [-0.4, -0.2) is 30.5 Å². The van der Waals surface area contributed by atoms with Crippen molar-refractivity contribution in [2.45, 2.75) is 65.7 Å². The number of anilines is 1. The number of carbonyl (C=O) groups excluding carboxylic acids is 1. The van der Waals surface area contributed by atoms with E-state index < -0.39 is 17.6 Å². The second-order valence-electron chi connectivity index (χ2n) is 9.55. The van der Waals surface area contributed by atoms with Gasteiger partial charge in [0.05, 0.1) is 40.3 Å². The van der Waals surface area contributed by atoms with Gasteiger partial charge < -0.3 is 5.32 Å². The number of aromatic nitrogens is 5. The number of nitrogens with zero attached hydrogens (tertiary/aromatic N) is 5. The van der Waals surface area contributed by atoms with Crippen molar-refractivity contribution in [2.75, 3.05) is 5.32 Å². The molecule has 3 aromatic heterocycles.